The second kappa shape index (κ2) is 7.81. The Hall–Kier alpha value is -1.57. The molecule has 1 heterocycles. The lowest BCUT2D eigenvalue weighted by Crippen LogP contribution is -2.58. The van der Waals surface area contributed by atoms with Gasteiger partial charge in [-0.1, -0.05) is 35.9 Å². The Morgan fingerprint density at radius 2 is 1.70 bits per heavy atom. The van der Waals surface area contributed by atoms with Gasteiger partial charge in [0.05, 0.1) is 12.7 Å². The van der Waals surface area contributed by atoms with Crippen molar-refractivity contribution in [3.8, 4) is 0 Å². The Balaban J connectivity index is 1.97. The Morgan fingerprint density at radius 3 is 2.30 bits per heavy atom. The van der Waals surface area contributed by atoms with Crippen LogP contribution in [0.2, 0.25) is 0 Å². The lowest BCUT2D eigenvalue weighted by atomic mass is 9.92. The molecule has 0 aliphatic carbocycles. The highest BCUT2D eigenvalue weighted by molar-refractivity contribution is 5.93. The molecule has 5 atom stereocenters. The number of carbonyl (C=O) groups excluding carboxylic acids is 1. The van der Waals surface area contributed by atoms with Gasteiger partial charge >= 0.3 is 0 Å². The summed E-state index contributed by atoms with van der Waals surface area (Å²) >= 11 is 0. The monoisotopic (exact) mass is 322 g/mol. The van der Waals surface area contributed by atoms with Gasteiger partial charge in [0.2, 0.25) is 0 Å². The van der Waals surface area contributed by atoms with E-state index in [1.54, 1.807) is 6.08 Å². The summed E-state index contributed by atoms with van der Waals surface area (Å²) < 4.78 is 5.30. The van der Waals surface area contributed by atoms with E-state index in [1.807, 2.05) is 31.2 Å². The highest BCUT2D eigenvalue weighted by Gasteiger charge is 2.43. The topological polar surface area (TPSA) is 107 Å². The maximum Gasteiger partial charge on any atom is 0.158 e. The third-order valence-electron chi connectivity index (χ3n) is 3.93. The number of allylic oxidation sites excluding steroid dienone is 1. The van der Waals surface area contributed by atoms with Gasteiger partial charge in [-0.25, -0.2) is 0 Å². The first-order chi connectivity index (χ1) is 10.9. The molecule has 1 saturated heterocycles. The van der Waals surface area contributed by atoms with Crippen molar-refractivity contribution in [3.05, 3.63) is 41.5 Å². The minimum atomic E-state index is -1.46. The van der Waals surface area contributed by atoms with Crippen LogP contribution in [0.4, 0.5) is 0 Å². The molecule has 23 heavy (non-hydrogen) atoms. The van der Waals surface area contributed by atoms with Crippen LogP contribution in [0.25, 0.3) is 6.08 Å². The van der Waals surface area contributed by atoms with Crippen LogP contribution in [-0.2, 0) is 9.53 Å². The highest BCUT2D eigenvalue weighted by Crippen LogP contribution is 2.23. The van der Waals surface area contributed by atoms with Gasteiger partial charge in [-0.05, 0) is 18.6 Å². The fourth-order valence-electron chi connectivity index (χ4n) is 2.48. The molecule has 0 radical (unpaired) electrons. The van der Waals surface area contributed by atoms with Gasteiger partial charge in [-0.2, -0.15) is 0 Å². The molecular weight excluding hydrogens is 300 g/mol. The Kier molecular flexibility index (Phi) is 6.04. The molecule has 0 saturated carbocycles. The first-order valence-corrected chi connectivity index (χ1v) is 7.50. The summed E-state index contributed by atoms with van der Waals surface area (Å²) in [6.07, 6.45) is -3.33. The summed E-state index contributed by atoms with van der Waals surface area (Å²) in [5.74, 6) is -0.282. The highest BCUT2D eigenvalue weighted by atomic mass is 16.5. The molecule has 1 aromatic rings. The molecule has 1 aromatic carbocycles. The zero-order valence-electron chi connectivity index (χ0n) is 12.9. The lowest BCUT2D eigenvalue weighted by Gasteiger charge is -2.39. The van der Waals surface area contributed by atoms with E-state index in [1.165, 1.54) is 6.08 Å². The first kappa shape index (κ1) is 17.8. The van der Waals surface area contributed by atoms with Crippen LogP contribution in [0.3, 0.4) is 0 Å². The molecule has 6 heteroatoms. The summed E-state index contributed by atoms with van der Waals surface area (Å²) in [5.41, 5.74) is 1.99. The SMILES string of the molecule is Cc1ccc(/C=C/C(=O)C[C@@H]2O[C@H](CO)[C@@H](O)[C@H](O)[C@H]2O)cc1. The molecule has 1 aliphatic rings. The molecule has 6 nitrogen and oxygen atoms in total. The summed E-state index contributed by atoms with van der Waals surface area (Å²) in [6.45, 7) is 1.46. The average Bonchev–Trinajstić information content (AvgIpc) is 2.55. The van der Waals surface area contributed by atoms with Gasteiger partial charge in [0.15, 0.2) is 5.78 Å². The Labute approximate surface area is 134 Å². The smallest absolute Gasteiger partial charge is 0.158 e. The van der Waals surface area contributed by atoms with E-state index in [0.29, 0.717) is 0 Å². The molecule has 0 aromatic heterocycles. The van der Waals surface area contributed by atoms with Gasteiger partial charge in [-0.3, -0.25) is 4.79 Å². The van der Waals surface area contributed by atoms with Crippen molar-refractivity contribution in [2.24, 2.45) is 0 Å². The zero-order chi connectivity index (χ0) is 17.0. The third kappa shape index (κ3) is 4.46. The number of rotatable bonds is 5. The number of aliphatic hydroxyl groups is 4. The van der Waals surface area contributed by atoms with Gasteiger partial charge in [0.1, 0.15) is 24.4 Å². The molecule has 2 rings (SSSR count). The Morgan fingerprint density at radius 1 is 1.09 bits per heavy atom. The van der Waals surface area contributed by atoms with E-state index >= 15 is 0 Å². The van der Waals surface area contributed by atoms with E-state index in [2.05, 4.69) is 0 Å². The van der Waals surface area contributed by atoms with Crippen LogP contribution in [0.1, 0.15) is 17.5 Å². The molecule has 1 aliphatic heterocycles. The summed E-state index contributed by atoms with van der Waals surface area (Å²) in [6, 6.07) is 7.63. The van der Waals surface area contributed by atoms with Crippen LogP contribution in [-0.4, -0.2) is 63.3 Å². The van der Waals surface area contributed by atoms with Crippen molar-refractivity contribution in [1.82, 2.24) is 0 Å². The van der Waals surface area contributed by atoms with Crippen LogP contribution >= 0.6 is 0 Å². The maximum absolute atomic E-state index is 12.0. The number of aliphatic hydroxyl groups excluding tert-OH is 4. The van der Waals surface area contributed by atoms with Crippen LogP contribution in [0.5, 0.6) is 0 Å². The maximum atomic E-state index is 12.0. The number of hydrogen-bond donors (Lipinski definition) is 4. The quantitative estimate of drug-likeness (QED) is 0.560. The zero-order valence-corrected chi connectivity index (χ0v) is 12.9. The first-order valence-electron chi connectivity index (χ1n) is 7.50. The molecule has 0 bridgehead atoms. The van der Waals surface area contributed by atoms with E-state index in [4.69, 9.17) is 9.84 Å². The van der Waals surface area contributed by atoms with E-state index < -0.39 is 37.1 Å². The fraction of sp³-hybridized carbons (Fsp3) is 0.471. The molecular formula is C17H22O6. The second-order valence-electron chi connectivity index (χ2n) is 5.78. The predicted octanol–water partition coefficient (Wildman–Crippen LogP) is -0.190. The van der Waals surface area contributed by atoms with Crippen molar-refractivity contribution in [2.45, 2.75) is 43.9 Å². The van der Waals surface area contributed by atoms with Crippen molar-refractivity contribution in [2.75, 3.05) is 6.61 Å². The number of ether oxygens (including phenoxy) is 1. The predicted molar refractivity (Wildman–Crippen MR) is 83.6 cm³/mol. The van der Waals surface area contributed by atoms with Gasteiger partial charge in [0.25, 0.3) is 0 Å². The molecule has 0 amide bonds. The molecule has 1 fully saturated rings. The molecule has 0 spiro atoms. The number of carbonyl (C=O) groups is 1. The van der Waals surface area contributed by atoms with Crippen molar-refractivity contribution >= 4 is 11.9 Å². The second-order valence-corrected chi connectivity index (χ2v) is 5.78. The van der Waals surface area contributed by atoms with Crippen LogP contribution in [0.15, 0.2) is 30.3 Å². The average molecular weight is 322 g/mol. The molecule has 0 unspecified atom stereocenters. The largest absolute Gasteiger partial charge is 0.394 e. The summed E-state index contributed by atoms with van der Waals surface area (Å²) in [4.78, 5) is 12.0. The third-order valence-corrected chi connectivity index (χ3v) is 3.93. The van der Waals surface area contributed by atoms with Crippen molar-refractivity contribution in [1.29, 1.82) is 0 Å². The van der Waals surface area contributed by atoms with Crippen molar-refractivity contribution < 1.29 is 30.0 Å². The van der Waals surface area contributed by atoms with E-state index in [9.17, 15) is 20.1 Å². The van der Waals surface area contributed by atoms with Gasteiger partial charge in [0, 0.05) is 6.42 Å². The van der Waals surface area contributed by atoms with Gasteiger partial charge in [-0.15, -0.1) is 0 Å². The molecule has 4 N–H and O–H groups in total. The molecule has 126 valence electrons. The van der Waals surface area contributed by atoms with Crippen LogP contribution in [0, 0.1) is 6.92 Å². The fourth-order valence-corrected chi connectivity index (χ4v) is 2.48. The van der Waals surface area contributed by atoms with Gasteiger partial charge < -0.3 is 25.2 Å². The van der Waals surface area contributed by atoms with Crippen molar-refractivity contribution in [3.63, 3.8) is 0 Å². The minimum absolute atomic E-state index is 0.149. The number of benzene rings is 1. The minimum Gasteiger partial charge on any atom is -0.394 e. The summed E-state index contributed by atoms with van der Waals surface area (Å²) in [5, 5.41) is 38.4. The van der Waals surface area contributed by atoms with E-state index in [0.717, 1.165) is 11.1 Å². The number of hydrogen-bond acceptors (Lipinski definition) is 6. The van der Waals surface area contributed by atoms with Crippen LogP contribution < -0.4 is 0 Å². The Bertz CT molecular complexity index is 551. The number of ketones is 1. The standard InChI is InChI=1S/C17H22O6/c1-10-2-4-11(5-3-10)6-7-12(19)8-13-15(20)17(22)16(21)14(9-18)23-13/h2-7,13-18,20-22H,8-9H2,1H3/b7-6+/t13-,14+,15-,16+,17+/m0/s1. The lowest BCUT2D eigenvalue weighted by molar-refractivity contribution is -0.229. The summed E-state index contributed by atoms with van der Waals surface area (Å²) in [7, 11) is 0. The normalized spacial score (nSPS) is 31.4. The number of aryl methyl sites for hydroxylation is 1. The van der Waals surface area contributed by atoms with E-state index in [-0.39, 0.29) is 12.2 Å².